The SMILES string of the molecule is CC(C)CN(C(Cc1ccccc1)C(O)CNC(=O)OCc1cncs1)S(=O)(=O)c1ccc2nc(NC(=O)c3cccnc3)oc2c1.CC(C)CN(CC(O)C(Cc1ccccc1)NC(=O)OCc1cncs1)S(=O)(=O)c1ccc2nc(N3CCCC3)oc2c1. The Bertz CT molecular complexity index is 3990. The minimum atomic E-state index is -4.25. The number of aromatic nitrogens is 5. The highest BCUT2D eigenvalue weighted by Crippen LogP contribution is 2.31. The van der Waals surface area contributed by atoms with E-state index >= 15 is 0 Å². The van der Waals surface area contributed by atoms with Crippen molar-refractivity contribution in [2.75, 3.05) is 49.5 Å². The van der Waals surface area contributed by atoms with Crippen LogP contribution >= 0.6 is 22.7 Å². The van der Waals surface area contributed by atoms with Gasteiger partial charge in [-0.3, -0.25) is 25.1 Å². The molecule has 90 heavy (non-hydrogen) atoms. The number of oxazole rings is 2. The number of hydrogen-bond donors (Lipinski definition) is 5. The second kappa shape index (κ2) is 31.0. The summed E-state index contributed by atoms with van der Waals surface area (Å²) in [5, 5.41) is 30.8. The highest BCUT2D eigenvalue weighted by atomic mass is 32.2. The smallest absolute Gasteiger partial charge is 0.407 e. The van der Waals surface area contributed by atoms with Gasteiger partial charge in [-0.2, -0.15) is 18.6 Å². The van der Waals surface area contributed by atoms with Crippen LogP contribution in [0.5, 0.6) is 0 Å². The number of benzene rings is 4. The zero-order chi connectivity index (χ0) is 63.8. The molecule has 0 bridgehead atoms. The summed E-state index contributed by atoms with van der Waals surface area (Å²) in [4.78, 5) is 61.9. The molecule has 1 aliphatic heterocycles. The van der Waals surface area contributed by atoms with E-state index in [4.69, 9.17) is 18.3 Å². The van der Waals surface area contributed by atoms with Gasteiger partial charge < -0.3 is 44.1 Å². The number of nitrogens with one attached hydrogen (secondary N) is 3. The Morgan fingerprint density at radius 2 is 1.24 bits per heavy atom. The molecule has 1 saturated heterocycles. The molecule has 9 aromatic rings. The molecule has 0 aliphatic carbocycles. The van der Waals surface area contributed by atoms with Crippen molar-refractivity contribution in [3.05, 3.63) is 171 Å². The Balaban J connectivity index is 0.000000214. The third kappa shape index (κ3) is 18.0. The molecule has 1 aliphatic rings. The molecule has 4 unspecified atom stereocenters. The molecule has 24 nitrogen and oxygen atoms in total. The fourth-order valence-corrected chi connectivity index (χ4v) is 14.3. The molecule has 5 N–H and O–H groups in total. The fraction of sp³-hybridized carbons (Fsp3) is 0.355. The number of amides is 3. The van der Waals surface area contributed by atoms with E-state index < -0.39 is 62.4 Å². The lowest BCUT2D eigenvalue weighted by Gasteiger charge is -2.35. The van der Waals surface area contributed by atoms with Crippen LogP contribution in [0.3, 0.4) is 0 Å². The van der Waals surface area contributed by atoms with Crippen LogP contribution in [0.1, 0.15) is 71.8 Å². The molecule has 1 fully saturated rings. The second-order valence-electron chi connectivity index (χ2n) is 22.1. The summed E-state index contributed by atoms with van der Waals surface area (Å²) in [5.74, 6) is -0.627. The zero-order valence-electron chi connectivity index (χ0n) is 49.9. The number of carbonyl (C=O) groups excluding carboxylic acids is 3. The molecule has 3 amide bonds. The average Bonchev–Trinajstić information content (AvgIpc) is 1.78. The maximum Gasteiger partial charge on any atom is 0.407 e. The van der Waals surface area contributed by atoms with Gasteiger partial charge in [0, 0.05) is 76.2 Å². The van der Waals surface area contributed by atoms with E-state index in [-0.39, 0.29) is 85.5 Å². The number of anilines is 2. The van der Waals surface area contributed by atoms with Crippen molar-refractivity contribution in [1.82, 2.24) is 44.2 Å². The number of sulfonamides is 2. The van der Waals surface area contributed by atoms with Crippen molar-refractivity contribution in [2.24, 2.45) is 11.8 Å². The van der Waals surface area contributed by atoms with Crippen LogP contribution in [-0.2, 0) is 55.6 Å². The third-order valence-corrected chi connectivity index (χ3v) is 19.5. The largest absolute Gasteiger partial charge is 0.444 e. The molecular weight excluding hydrogens is 1240 g/mol. The Labute approximate surface area is 529 Å². The number of carbonyl (C=O) groups is 3. The van der Waals surface area contributed by atoms with Gasteiger partial charge in [0.25, 0.3) is 11.9 Å². The molecule has 5 aromatic heterocycles. The van der Waals surface area contributed by atoms with E-state index in [0.717, 1.165) is 46.8 Å². The Kier molecular flexibility index (Phi) is 22.8. The minimum Gasteiger partial charge on any atom is -0.444 e. The van der Waals surface area contributed by atoms with Crippen LogP contribution in [0, 0.1) is 11.8 Å². The van der Waals surface area contributed by atoms with Crippen LogP contribution in [0.25, 0.3) is 22.2 Å². The van der Waals surface area contributed by atoms with Gasteiger partial charge in [0.1, 0.15) is 24.2 Å². The summed E-state index contributed by atoms with van der Waals surface area (Å²) in [6.45, 7) is 9.10. The van der Waals surface area contributed by atoms with Gasteiger partial charge in [-0.15, -0.1) is 22.7 Å². The summed E-state index contributed by atoms with van der Waals surface area (Å²) < 4.78 is 81.4. The minimum absolute atomic E-state index is 0.0207. The number of hydrogen-bond acceptors (Lipinski definition) is 21. The summed E-state index contributed by atoms with van der Waals surface area (Å²) in [7, 11) is -8.29. The van der Waals surface area contributed by atoms with Crippen molar-refractivity contribution in [3.8, 4) is 0 Å². The number of fused-ring (bicyclic) bond motifs is 2. The first-order valence-corrected chi connectivity index (χ1v) is 33.7. The average molecular weight is 1310 g/mol. The molecular formula is C62H71N11O13S4. The lowest BCUT2D eigenvalue weighted by molar-refractivity contribution is 0.0786. The zero-order valence-corrected chi connectivity index (χ0v) is 53.2. The van der Waals surface area contributed by atoms with Crippen molar-refractivity contribution in [3.63, 3.8) is 0 Å². The Hall–Kier alpha value is -8.22. The molecule has 28 heteroatoms. The van der Waals surface area contributed by atoms with Gasteiger partial charge in [0.2, 0.25) is 20.0 Å². The van der Waals surface area contributed by atoms with Crippen molar-refractivity contribution in [2.45, 2.75) is 101 Å². The number of rotatable bonds is 27. The predicted octanol–water partition coefficient (Wildman–Crippen LogP) is 8.91. The van der Waals surface area contributed by atoms with Crippen molar-refractivity contribution >= 4 is 95.0 Å². The monoisotopic (exact) mass is 1310 g/mol. The van der Waals surface area contributed by atoms with E-state index in [1.165, 1.54) is 67.8 Å². The molecule has 476 valence electrons. The van der Waals surface area contributed by atoms with Crippen LogP contribution in [0.2, 0.25) is 0 Å². The van der Waals surface area contributed by atoms with E-state index in [2.05, 4.69) is 45.8 Å². The maximum atomic E-state index is 14.3. The Morgan fingerprint density at radius 3 is 1.83 bits per heavy atom. The number of nitrogens with zero attached hydrogens (tertiary/aromatic N) is 8. The van der Waals surface area contributed by atoms with Crippen molar-refractivity contribution in [1.29, 1.82) is 0 Å². The molecule has 6 heterocycles. The van der Waals surface area contributed by atoms with Crippen molar-refractivity contribution < 1.29 is 59.7 Å². The number of ether oxygens (including phenoxy) is 2. The van der Waals surface area contributed by atoms with Gasteiger partial charge in [-0.25, -0.2) is 26.4 Å². The number of alkyl carbamates (subject to hydrolysis) is 2. The lowest BCUT2D eigenvalue weighted by Crippen LogP contribution is -2.52. The molecule has 0 radical (unpaired) electrons. The standard InChI is InChI=1S/C32H34N6O7S2.C30H37N5O6S2/c1-21(2)18-38(27(13-22-7-4-3-5-8-22)28(39)17-35-32(41)44-19-24-16-34-20-46-24)47(42,43)25-10-11-26-29(14-25)45-31(36-26)37-30(40)23-9-6-12-33-15-23;1-21(2)17-35(43(38,39)24-10-11-25-28(15-24)41-29(32-25)34-12-6-7-13-34)18-27(36)26(14-22-8-4-3-5-9-22)33-30(37)40-19-23-16-31-20-42-23/h3-12,14-16,20-21,27-28,39H,13,17-19H2,1-2H3,(H,35,41)(H,36,37,40);3-5,8-11,15-16,20-21,26-27,36H,6-7,12-14,17-19H2,1-2H3,(H,33,37). The fourth-order valence-electron chi connectivity index (χ4n) is 9.86. The molecule has 4 atom stereocenters. The van der Waals surface area contributed by atoms with Crippen LogP contribution in [-0.4, -0.2) is 142 Å². The topological polar surface area (TPSA) is 315 Å². The van der Waals surface area contributed by atoms with Gasteiger partial charge in [-0.1, -0.05) is 88.4 Å². The molecule has 0 spiro atoms. The van der Waals surface area contributed by atoms with Gasteiger partial charge in [0.05, 0.1) is 60.4 Å². The van der Waals surface area contributed by atoms with Crippen LogP contribution in [0.4, 0.5) is 21.6 Å². The Morgan fingerprint density at radius 1 is 0.656 bits per heavy atom. The third-order valence-electron chi connectivity index (χ3n) is 14.3. The number of thiazole rings is 2. The lowest BCUT2D eigenvalue weighted by atomic mass is 10.0. The van der Waals surface area contributed by atoms with Crippen LogP contribution in [0.15, 0.2) is 164 Å². The quantitative estimate of drug-likeness (QED) is 0.0321. The first kappa shape index (κ1) is 66.2. The second-order valence-corrected chi connectivity index (χ2v) is 27.9. The molecule has 10 rings (SSSR count). The number of aliphatic hydroxyl groups is 2. The highest BCUT2D eigenvalue weighted by molar-refractivity contribution is 7.89. The molecule has 4 aromatic carbocycles. The normalized spacial score (nSPS) is 14.1. The summed E-state index contributed by atoms with van der Waals surface area (Å²) in [6, 6.07) is 29.3. The van der Waals surface area contributed by atoms with E-state index in [1.807, 2.05) is 88.4 Å². The maximum absolute atomic E-state index is 14.3. The summed E-state index contributed by atoms with van der Waals surface area (Å²) in [5.41, 5.74) is 6.69. The predicted molar refractivity (Wildman–Crippen MR) is 340 cm³/mol. The van der Waals surface area contributed by atoms with E-state index in [1.54, 1.807) is 47.8 Å². The van der Waals surface area contributed by atoms with E-state index in [0.29, 0.717) is 28.2 Å². The summed E-state index contributed by atoms with van der Waals surface area (Å²) >= 11 is 2.70. The molecule has 0 saturated carbocycles. The van der Waals surface area contributed by atoms with Crippen LogP contribution < -0.4 is 20.9 Å². The van der Waals surface area contributed by atoms with Gasteiger partial charge >= 0.3 is 18.2 Å². The first-order valence-electron chi connectivity index (χ1n) is 29.1. The summed E-state index contributed by atoms with van der Waals surface area (Å²) in [6.07, 6.45) is 4.71. The van der Waals surface area contributed by atoms with Gasteiger partial charge in [-0.05, 0) is 85.0 Å². The number of aliphatic hydroxyl groups excluding tert-OH is 2. The highest BCUT2D eigenvalue weighted by Gasteiger charge is 2.38. The van der Waals surface area contributed by atoms with Gasteiger partial charge in [0.15, 0.2) is 11.2 Å². The van der Waals surface area contributed by atoms with E-state index in [9.17, 15) is 41.4 Å². The number of pyridine rings is 1. The first-order chi connectivity index (χ1) is 43.3.